The van der Waals surface area contributed by atoms with E-state index in [9.17, 15) is 9.90 Å². The Morgan fingerprint density at radius 2 is 2.13 bits per heavy atom. The average Bonchev–Trinajstić information content (AvgIpc) is 2.21. The zero-order valence-electron chi connectivity index (χ0n) is 9.62. The summed E-state index contributed by atoms with van der Waals surface area (Å²) in [5, 5.41) is 12.9. The first-order chi connectivity index (χ1) is 7.06. The molecule has 1 saturated carbocycles. The van der Waals surface area contributed by atoms with Gasteiger partial charge in [0.05, 0.1) is 5.60 Å². The summed E-state index contributed by atoms with van der Waals surface area (Å²) in [5.41, 5.74) is -0.677. The van der Waals surface area contributed by atoms with Crippen LogP contribution in [0.5, 0.6) is 0 Å². The number of hydrogen-bond acceptors (Lipinski definition) is 2. The molecule has 0 atom stereocenters. The number of rotatable bonds is 3. The SMILES string of the molecule is C/C=C/C(=O)NCC1(O)CCC(C)CC1. The van der Waals surface area contributed by atoms with E-state index in [2.05, 4.69) is 12.2 Å². The van der Waals surface area contributed by atoms with Crippen LogP contribution in [0.1, 0.15) is 39.5 Å². The van der Waals surface area contributed by atoms with Crippen LogP contribution in [0.4, 0.5) is 0 Å². The minimum Gasteiger partial charge on any atom is -0.388 e. The standard InChI is InChI=1S/C12H21NO2/c1-3-4-11(14)13-9-12(15)7-5-10(2)6-8-12/h3-4,10,15H,5-9H2,1-2H3,(H,13,14)/b4-3+. The Balaban J connectivity index is 2.34. The molecule has 1 fully saturated rings. The number of allylic oxidation sites excluding steroid dienone is 1. The first-order valence-electron chi connectivity index (χ1n) is 5.69. The van der Waals surface area contributed by atoms with E-state index in [1.54, 1.807) is 13.0 Å². The zero-order chi connectivity index (χ0) is 11.3. The van der Waals surface area contributed by atoms with Crippen molar-refractivity contribution in [2.45, 2.75) is 45.1 Å². The van der Waals surface area contributed by atoms with Gasteiger partial charge in [0.15, 0.2) is 0 Å². The van der Waals surface area contributed by atoms with Crippen LogP contribution >= 0.6 is 0 Å². The number of nitrogens with one attached hydrogen (secondary N) is 1. The molecule has 1 rings (SSSR count). The normalized spacial score (nSPS) is 31.8. The van der Waals surface area contributed by atoms with Crippen LogP contribution in [0, 0.1) is 5.92 Å². The van der Waals surface area contributed by atoms with Crippen molar-refractivity contribution in [2.24, 2.45) is 5.92 Å². The second-order valence-corrected chi connectivity index (χ2v) is 4.62. The van der Waals surface area contributed by atoms with Gasteiger partial charge in [0.25, 0.3) is 0 Å². The molecule has 0 spiro atoms. The minimum atomic E-state index is -0.677. The summed E-state index contributed by atoms with van der Waals surface area (Å²) in [5.74, 6) is 0.584. The Hall–Kier alpha value is -0.830. The summed E-state index contributed by atoms with van der Waals surface area (Å²) in [4.78, 5) is 11.2. The fraction of sp³-hybridized carbons (Fsp3) is 0.750. The Morgan fingerprint density at radius 3 is 2.67 bits per heavy atom. The Labute approximate surface area is 91.6 Å². The molecule has 0 aromatic rings. The topological polar surface area (TPSA) is 49.3 Å². The molecule has 3 nitrogen and oxygen atoms in total. The van der Waals surface area contributed by atoms with Gasteiger partial charge in [-0.1, -0.05) is 13.0 Å². The molecule has 86 valence electrons. The highest BCUT2D eigenvalue weighted by Gasteiger charge is 2.31. The first kappa shape index (κ1) is 12.2. The summed E-state index contributed by atoms with van der Waals surface area (Å²) < 4.78 is 0. The Bertz CT molecular complexity index is 240. The van der Waals surface area contributed by atoms with Crippen LogP contribution in [0.25, 0.3) is 0 Å². The summed E-state index contributed by atoms with van der Waals surface area (Å²) in [7, 11) is 0. The highest BCUT2D eigenvalue weighted by molar-refractivity contribution is 5.87. The molecule has 15 heavy (non-hydrogen) atoms. The molecule has 2 N–H and O–H groups in total. The van der Waals surface area contributed by atoms with Crippen molar-refractivity contribution >= 4 is 5.91 Å². The molecule has 1 aliphatic carbocycles. The number of aliphatic hydroxyl groups is 1. The van der Waals surface area contributed by atoms with E-state index in [1.807, 2.05) is 0 Å². The quantitative estimate of drug-likeness (QED) is 0.697. The van der Waals surface area contributed by atoms with E-state index >= 15 is 0 Å². The van der Waals surface area contributed by atoms with Gasteiger partial charge in [-0.15, -0.1) is 0 Å². The van der Waals surface area contributed by atoms with Crippen molar-refractivity contribution in [2.75, 3.05) is 6.54 Å². The summed E-state index contributed by atoms with van der Waals surface area (Å²) in [6.45, 7) is 4.39. The molecule has 0 aliphatic heterocycles. The summed E-state index contributed by atoms with van der Waals surface area (Å²) >= 11 is 0. The van der Waals surface area contributed by atoms with Gasteiger partial charge < -0.3 is 10.4 Å². The van der Waals surface area contributed by atoms with Crippen molar-refractivity contribution in [3.05, 3.63) is 12.2 Å². The number of carbonyl (C=O) groups excluding carboxylic acids is 1. The fourth-order valence-corrected chi connectivity index (χ4v) is 1.94. The maximum absolute atomic E-state index is 11.2. The van der Waals surface area contributed by atoms with Gasteiger partial charge in [0.2, 0.25) is 5.91 Å². The molecule has 3 heteroatoms. The van der Waals surface area contributed by atoms with E-state index in [-0.39, 0.29) is 5.91 Å². The Kier molecular flexibility index (Phi) is 4.33. The lowest BCUT2D eigenvalue weighted by molar-refractivity contribution is -0.118. The van der Waals surface area contributed by atoms with Gasteiger partial charge in [0.1, 0.15) is 0 Å². The van der Waals surface area contributed by atoms with Crippen molar-refractivity contribution in [3.8, 4) is 0 Å². The van der Waals surface area contributed by atoms with Crippen LogP contribution in [-0.2, 0) is 4.79 Å². The Morgan fingerprint density at radius 1 is 1.53 bits per heavy atom. The molecule has 1 aliphatic rings. The molecule has 0 heterocycles. The van der Waals surface area contributed by atoms with Gasteiger partial charge in [-0.05, 0) is 44.6 Å². The molecule has 0 aromatic heterocycles. The van der Waals surface area contributed by atoms with E-state index in [0.29, 0.717) is 12.5 Å². The molecular weight excluding hydrogens is 190 g/mol. The minimum absolute atomic E-state index is 0.121. The highest BCUT2D eigenvalue weighted by Crippen LogP contribution is 2.31. The predicted molar refractivity (Wildman–Crippen MR) is 60.4 cm³/mol. The van der Waals surface area contributed by atoms with Crippen LogP contribution in [0.15, 0.2) is 12.2 Å². The van der Waals surface area contributed by atoms with Crippen LogP contribution in [0.2, 0.25) is 0 Å². The second-order valence-electron chi connectivity index (χ2n) is 4.62. The molecule has 1 amide bonds. The number of hydrogen-bond donors (Lipinski definition) is 2. The molecule has 0 unspecified atom stereocenters. The summed E-state index contributed by atoms with van der Waals surface area (Å²) in [6, 6.07) is 0. The lowest BCUT2D eigenvalue weighted by atomic mass is 9.79. The van der Waals surface area contributed by atoms with E-state index in [4.69, 9.17) is 0 Å². The molecule has 0 saturated heterocycles. The van der Waals surface area contributed by atoms with E-state index in [1.165, 1.54) is 6.08 Å². The van der Waals surface area contributed by atoms with Crippen LogP contribution in [-0.4, -0.2) is 23.2 Å². The monoisotopic (exact) mass is 211 g/mol. The molecule has 0 aromatic carbocycles. The van der Waals surface area contributed by atoms with Gasteiger partial charge in [-0.3, -0.25) is 4.79 Å². The number of amides is 1. The van der Waals surface area contributed by atoms with E-state index in [0.717, 1.165) is 25.7 Å². The maximum Gasteiger partial charge on any atom is 0.243 e. The lowest BCUT2D eigenvalue weighted by Crippen LogP contribution is -2.44. The lowest BCUT2D eigenvalue weighted by Gasteiger charge is -2.34. The van der Waals surface area contributed by atoms with Crippen molar-refractivity contribution in [3.63, 3.8) is 0 Å². The van der Waals surface area contributed by atoms with Crippen molar-refractivity contribution in [1.82, 2.24) is 5.32 Å². The first-order valence-corrected chi connectivity index (χ1v) is 5.69. The smallest absolute Gasteiger partial charge is 0.243 e. The highest BCUT2D eigenvalue weighted by atomic mass is 16.3. The third-order valence-electron chi connectivity index (χ3n) is 3.11. The van der Waals surface area contributed by atoms with E-state index < -0.39 is 5.60 Å². The second kappa shape index (κ2) is 5.31. The van der Waals surface area contributed by atoms with Crippen molar-refractivity contribution in [1.29, 1.82) is 0 Å². The van der Waals surface area contributed by atoms with Crippen LogP contribution < -0.4 is 5.32 Å². The van der Waals surface area contributed by atoms with Crippen LogP contribution in [0.3, 0.4) is 0 Å². The molecule has 0 bridgehead atoms. The fourth-order valence-electron chi connectivity index (χ4n) is 1.94. The molecular formula is C12H21NO2. The van der Waals surface area contributed by atoms with Crippen molar-refractivity contribution < 1.29 is 9.90 Å². The van der Waals surface area contributed by atoms with Gasteiger partial charge in [-0.2, -0.15) is 0 Å². The maximum atomic E-state index is 11.2. The molecule has 0 radical (unpaired) electrons. The third kappa shape index (κ3) is 4.04. The largest absolute Gasteiger partial charge is 0.388 e. The third-order valence-corrected chi connectivity index (χ3v) is 3.11. The van der Waals surface area contributed by atoms with Gasteiger partial charge in [-0.25, -0.2) is 0 Å². The number of carbonyl (C=O) groups is 1. The average molecular weight is 211 g/mol. The van der Waals surface area contributed by atoms with Gasteiger partial charge in [0, 0.05) is 6.54 Å². The predicted octanol–water partition coefficient (Wildman–Crippen LogP) is 1.62. The van der Waals surface area contributed by atoms with Gasteiger partial charge >= 0.3 is 0 Å². The zero-order valence-corrected chi connectivity index (χ0v) is 9.62. The summed E-state index contributed by atoms with van der Waals surface area (Å²) in [6.07, 6.45) is 6.87.